The summed E-state index contributed by atoms with van der Waals surface area (Å²) in [6, 6.07) is 52.2. The summed E-state index contributed by atoms with van der Waals surface area (Å²) in [5.74, 6) is 0. The third-order valence-electron chi connectivity index (χ3n) is 8.14. The van der Waals surface area contributed by atoms with Crippen molar-refractivity contribution in [1.29, 1.82) is 0 Å². The van der Waals surface area contributed by atoms with Crippen LogP contribution in [0.2, 0.25) is 0 Å². The summed E-state index contributed by atoms with van der Waals surface area (Å²) in [6.07, 6.45) is 8.53. The van der Waals surface area contributed by atoms with Crippen molar-refractivity contribution in [3.8, 4) is 0 Å². The van der Waals surface area contributed by atoms with Crippen LogP contribution in [0.5, 0.6) is 0 Å². The zero-order chi connectivity index (χ0) is 31.9. The Morgan fingerprint density at radius 3 is 1.04 bits per heavy atom. The standard InChI is InChI=1S/C44H40N2/c1-33-12-22-39(23-13-33)45(40-24-14-34(2)15-25-40)43-30-20-37(21-31-43)8-5-6-9-38-10-7-11-44(32-38)46(41-26-16-35(3)17-27-41)42-28-18-36(4)19-29-42/h5-32H,1-4H3. The van der Waals surface area contributed by atoms with Gasteiger partial charge in [-0.2, -0.15) is 0 Å². The molecule has 0 amide bonds. The monoisotopic (exact) mass is 596 g/mol. The van der Waals surface area contributed by atoms with Crippen LogP contribution in [-0.4, -0.2) is 0 Å². The number of hydrogen-bond donors (Lipinski definition) is 0. The predicted octanol–water partition coefficient (Wildman–Crippen LogP) is 12.6. The van der Waals surface area contributed by atoms with E-state index in [0.717, 1.165) is 45.3 Å². The van der Waals surface area contributed by atoms with Crippen LogP contribution in [0.4, 0.5) is 34.1 Å². The third kappa shape index (κ3) is 7.36. The Hall–Kier alpha value is -5.60. The van der Waals surface area contributed by atoms with Crippen molar-refractivity contribution in [3.05, 3.63) is 191 Å². The fourth-order valence-electron chi connectivity index (χ4n) is 5.51. The van der Waals surface area contributed by atoms with E-state index in [1.165, 1.54) is 22.3 Å². The second-order valence-electron chi connectivity index (χ2n) is 11.9. The molecule has 0 saturated carbocycles. The summed E-state index contributed by atoms with van der Waals surface area (Å²) in [4.78, 5) is 4.61. The minimum absolute atomic E-state index is 1.13. The van der Waals surface area contributed by atoms with E-state index >= 15 is 0 Å². The summed E-state index contributed by atoms with van der Waals surface area (Å²) in [5, 5.41) is 0. The normalized spacial score (nSPS) is 11.3. The van der Waals surface area contributed by atoms with Crippen molar-refractivity contribution in [3.63, 3.8) is 0 Å². The maximum atomic E-state index is 2.31. The second-order valence-corrected chi connectivity index (χ2v) is 11.9. The van der Waals surface area contributed by atoms with E-state index in [0.29, 0.717) is 0 Å². The number of aryl methyl sites for hydroxylation is 4. The van der Waals surface area contributed by atoms with E-state index in [1.807, 2.05) is 0 Å². The Balaban J connectivity index is 1.21. The first-order valence-electron chi connectivity index (χ1n) is 15.8. The number of nitrogens with zero attached hydrogens (tertiary/aromatic N) is 2. The molecule has 6 aromatic rings. The first kappa shape index (κ1) is 30.4. The number of rotatable bonds is 9. The molecule has 2 nitrogen and oxygen atoms in total. The van der Waals surface area contributed by atoms with Crippen LogP contribution >= 0.6 is 0 Å². The Bertz CT molecular complexity index is 1840. The van der Waals surface area contributed by atoms with Gasteiger partial charge in [-0.15, -0.1) is 0 Å². The van der Waals surface area contributed by atoms with Gasteiger partial charge >= 0.3 is 0 Å². The summed E-state index contributed by atoms with van der Waals surface area (Å²) in [6.45, 7) is 8.49. The van der Waals surface area contributed by atoms with Gasteiger partial charge in [-0.25, -0.2) is 0 Å². The largest absolute Gasteiger partial charge is 0.311 e. The maximum absolute atomic E-state index is 2.31. The fraction of sp³-hybridized carbons (Fsp3) is 0.0909. The van der Waals surface area contributed by atoms with Crippen LogP contribution in [-0.2, 0) is 0 Å². The first-order valence-corrected chi connectivity index (χ1v) is 15.8. The lowest BCUT2D eigenvalue weighted by molar-refractivity contribution is 1.27. The lowest BCUT2D eigenvalue weighted by Gasteiger charge is -2.26. The smallest absolute Gasteiger partial charge is 0.0467 e. The Morgan fingerprint density at radius 2 is 0.652 bits per heavy atom. The van der Waals surface area contributed by atoms with Gasteiger partial charge in [0.1, 0.15) is 0 Å². The molecule has 0 aliphatic heterocycles. The molecule has 0 fully saturated rings. The zero-order valence-electron chi connectivity index (χ0n) is 27.1. The summed E-state index contributed by atoms with van der Waals surface area (Å²) < 4.78 is 0. The van der Waals surface area contributed by atoms with Crippen molar-refractivity contribution >= 4 is 46.3 Å². The fourth-order valence-corrected chi connectivity index (χ4v) is 5.51. The van der Waals surface area contributed by atoms with E-state index < -0.39 is 0 Å². The van der Waals surface area contributed by atoms with Gasteiger partial charge in [0.2, 0.25) is 0 Å². The second kappa shape index (κ2) is 14.0. The minimum atomic E-state index is 1.13. The zero-order valence-corrected chi connectivity index (χ0v) is 27.1. The van der Waals surface area contributed by atoms with Crippen LogP contribution in [0.15, 0.2) is 158 Å². The molecule has 0 spiro atoms. The average molecular weight is 597 g/mol. The van der Waals surface area contributed by atoms with Crippen LogP contribution in [0.1, 0.15) is 33.4 Å². The van der Waals surface area contributed by atoms with Gasteiger partial charge in [-0.05, 0) is 112 Å². The van der Waals surface area contributed by atoms with Gasteiger partial charge in [0.25, 0.3) is 0 Å². The lowest BCUT2D eigenvalue weighted by atomic mass is 10.1. The maximum Gasteiger partial charge on any atom is 0.0467 e. The molecule has 0 radical (unpaired) electrons. The van der Waals surface area contributed by atoms with Crippen LogP contribution in [0.25, 0.3) is 12.2 Å². The highest BCUT2D eigenvalue weighted by Gasteiger charge is 2.13. The molecule has 0 unspecified atom stereocenters. The highest BCUT2D eigenvalue weighted by atomic mass is 15.1. The molecule has 46 heavy (non-hydrogen) atoms. The van der Waals surface area contributed by atoms with E-state index in [1.54, 1.807) is 0 Å². The molecular formula is C44H40N2. The molecule has 6 rings (SSSR count). The van der Waals surface area contributed by atoms with Crippen molar-refractivity contribution < 1.29 is 0 Å². The number of hydrogen-bond acceptors (Lipinski definition) is 2. The van der Waals surface area contributed by atoms with Crippen LogP contribution in [0, 0.1) is 27.7 Å². The lowest BCUT2D eigenvalue weighted by Crippen LogP contribution is -2.10. The van der Waals surface area contributed by atoms with E-state index in [2.05, 4.69) is 207 Å². The molecule has 0 atom stereocenters. The van der Waals surface area contributed by atoms with E-state index in [4.69, 9.17) is 0 Å². The molecule has 0 aliphatic carbocycles. The molecule has 2 heteroatoms. The van der Waals surface area contributed by atoms with E-state index in [9.17, 15) is 0 Å². The minimum Gasteiger partial charge on any atom is -0.311 e. The summed E-state index contributed by atoms with van der Waals surface area (Å²) >= 11 is 0. The van der Waals surface area contributed by atoms with Crippen molar-refractivity contribution in [2.75, 3.05) is 9.80 Å². The van der Waals surface area contributed by atoms with Crippen molar-refractivity contribution in [2.45, 2.75) is 27.7 Å². The summed E-state index contributed by atoms with van der Waals surface area (Å²) in [7, 11) is 0. The van der Waals surface area contributed by atoms with Crippen molar-refractivity contribution in [1.82, 2.24) is 0 Å². The van der Waals surface area contributed by atoms with E-state index in [-0.39, 0.29) is 0 Å². The molecular weight excluding hydrogens is 556 g/mol. The highest BCUT2D eigenvalue weighted by molar-refractivity contribution is 5.79. The van der Waals surface area contributed by atoms with Gasteiger partial charge in [0.15, 0.2) is 0 Å². The van der Waals surface area contributed by atoms with Crippen LogP contribution in [0.3, 0.4) is 0 Å². The SMILES string of the molecule is Cc1ccc(N(c2ccc(C)cc2)c2ccc(C=CC=Cc3cccc(N(c4ccc(C)cc4)c4ccc(C)cc4)c3)cc2)cc1. The van der Waals surface area contributed by atoms with Gasteiger partial charge in [0.05, 0.1) is 0 Å². The third-order valence-corrected chi connectivity index (χ3v) is 8.14. The molecule has 226 valence electrons. The Morgan fingerprint density at radius 1 is 0.326 bits per heavy atom. The quantitative estimate of drug-likeness (QED) is 0.153. The Kier molecular flexibility index (Phi) is 9.27. The first-order chi connectivity index (χ1) is 22.4. The number of benzene rings is 6. The summed E-state index contributed by atoms with van der Waals surface area (Å²) in [5.41, 5.74) is 14.1. The molecule has 6 aromatic carbocycles. The van der Waals surface area contributed by atoms with Gasteiger partial charge in [-0.3, -0.25) is 0 Å². The topological polar surface area (TPSA) is 6.48 Å². The van der Waals surface area contributed by atoms with Gasteiger partial charge < -0.3 is 9.80 Å². The average Bonchev–Trinajstić information content (AvgIpc) is 3.08. The molecule has 0 heterocycles. The number of anilines is 6. The predicted molar refractivity (Wildman–Crippen MR) is 199 cm³/mol. The number of allylic oxidation sites excluding steroid dienone is 2. The molecule has 0 N–H and O–H groups in total. The Labute approximate surface area is 274 Å². The van der Waals surface area contributed by atoms with Gasteiger partial charge in [0, 0.05) is 34.1 Å². The van der Waals surface area contributed by atoms with Gasteiger partial charge in [-0.1, -0.05) is 119 Å². The molecule has 0 aliphatic rings. The van der Waals surface area contributed by atoms with Crippen LogP contribution < -0.4 is 9.80 Å². The van der Waals surface area contributed by atoms with Crippen molar-refractivity contribution in [2.24, 2.45) is 0 Å². The molecule has 0 aromatic heterocycles. The highest BCUT2D eigenvalue weighted by Crippen LogP contribution is 2.36. The molecule has 0 bridgehead atoms. The molecule has 0 saturated heterocycles.